The number of nitrogens with one attached hydrogen (secondary N) is 1. The van der Waals surface area contributed by atoms with Crippen molar-refractivity contribution in [3.05, 3.63) is 35.1 Å². The van der Waals surface area contributed by atoms with Crippen molar-refractivity contribution in [1.82, 2.24) is 5.32 Å². The van der Waals surface area contributed by atoms with E-state index in [1.165, 1.54) is 0 Å². The van der Waals surface area contributed by atoms with Gasteiger partial charge in [0.2, 0.25) is 0 Å². The minimum Gasteiger partial charge on any atom is -0.376 e. The van der Waals surface area contributed by atoms with Gasteiger partial charge in [0.05, 0.1) is 11.6 Å². The van der Waals surface area contributed by atoms with Gasteiger partial charge in [-0.05, 0) is 62.3 Å². The molecule has 21 heavy (non-hydrogen) atoms. The molecule has 1 fully saturated rings. The van der Waals surface area contributed by atoms with E-state index < -0.39 is 0 Å². The number of rotatable bonds is 4. The maximum Gasteiger partial charge on any atom is 0.126 e. The number of hydrogen-bond donors (Lipinski definition) is 1. The quantitative estimate of drug-likeness (QED) is 0.889. The minimum absolute atomic E-state index is 0.0953. The summed E-state index contributed by atoms with van der Waals surface area (Å²) in [7, 11) is 3.77. The maximum atomic E-state index is 13.5. The minimum atomic E-state index is -0.200. The monoisotopic (exact) mass is 293 g/mol. The van der Waals surface area contributed by atoms with Crippen LogP contribution in [0.1, 0.15) is 56.7 Å². The second-order valence-corrected chi connectivity index (χ2v) is 7.16. The zero-order chi connectivity index (χ0) is 15.7. The van der Waals surface area contributed by atoms with Gasteiger partial charge in [-0.25, -0.2) is 4.39 Å². The molecule has 0 spiro atoms. The lowest BCUT2D eigenvalue weighted by Gasteiger charge is -2.47. The standard InChI is InChI=1S/C18H28FNO/c1-13-12-14(6-7-15(13)19)16(20-4)18(21-5)10-8-17(2,3)9-11-18/h6-7,12,16,20H,8-11H2,1-5H3. The Kier molecular flexibility index (Phi) is 4.74. The summed E-state index contributed by atoms with van der Waals surface area (Å²) in [4.78, 5) is 0. The van der Waals surface area contributed by atoms with E-state index in [-0.39, 0.29) is 17.5 Å². The molecule has 1 saturated carbocycles. The van der Waals surface area contributed by atoms with Crippen molar-refractivity contribution >= 4 is 0 Å². The lowest BCUT2D eigenvalue weighted by Crippen LogP contribution is -2.48. The second-order valence-electron chi connectivity index (χ2n) is 7.16. The smallest absolute Gasteiger partial charge is 0.126 e. The third-order valence-electron chi connectivity index (χ3n) is 5.19. The van der Waals surface area contributed by atoms with E-state index in [1.54, 1.807) is 13.2 Å². The highest BCUT2D eigenvalue weighted by molar-refractivity contribution is 5.29. The zero-order valence-corrected chi connectivity index (χ0v) is 13.9. The second kappa shape index (κ2) is 6.05. The lowest BCUT2D eigenvalue weighted by molar-refractivity contribution is -0.0862. The topological polar surface area (TPSA) is 21.3 Å². The molecular formula is C18H28FNO. The molecule has 1 N–H and O–H groups in total. The van der Waals surface area contributed by atoms with Crippen molar-refractivity contribution in [1.29, 1.82) is 0 Å². The largest absolute Gasteiger partial charge is 0.376 e. The molecule has 1 atom stereocenters. The van der Waals surface area contributed by atoms with E-state index in [1.807, 2.05) is 26.1 Å². The number of ether oxygens (including phenoxy) is 1. The van der Waals surface area contributed by atoms with Crippen LogP contribution in [0.25, 0.3) is 0 Å². The molecule has 0 bridgehead atoms. The highest BCUT2D eigenvalue weighted by atomic mass is 19.1. The van der Waals surface area contributed by atoms with Crippen molar-refractivity contribution in [2.45, 2.75) is 58.1 Å². The molecule has 1 aromatic carbocycles. The van der Waals surface area contributed by atoms with E-state index in [9.17, 15) is 4.39 Å². The average Bonchev–Trinajstić information content (AvgIpc) is 2.45. The van der Waals surface area contributed by atoms with Crippen molar-refractivity contribution in [2.24, 2.45) is 5.41 Å². The molecular weight excluding hydrogens is 265 g/mol. The molecule has 0 aromatic heterocycles. The Hall–Kier alpha value is -0.930. The van der Waals surface area contributed by atoms with Gasteiger partial charge in [0.15, 0.2) is 0 Å². The van der Waals surface area contributed by atoms with Gasteiger partial charge in [-0.3, -0.25) is 0 Å². The summed E-state index contributed by atoms with van der Waals surface area (Å²) in [5, 5.41) is 3.41. The van der Waals surface area contributed by atoms with Crippen LogP contribution in [0.4, 0.5) is 4.39 Å². The maximum absolute atomic E-state index is 13.5. The van der Waals surface area contributed by atoms with E-state index in [0.29, 0.717) is 11.0 Å². The molecule has 1 unspecified atom stereocenters. The van der Waals surface area contributed by atoms with Gasteiger partial charge in [0.1, 0.15) is 5.82 Å². The molecule has 0 aliphatic heterocycles. The molecule has 2 nitrogen and oxygen atoms in total. The Labute approximate surface area is 128 Å². The van der Waals surface area contributed by atoms with Crippen LogP contribution >= 0.6 is 0 Å². The highest BCUT2D eigenvalue weighted by Gasteiger charge is 2.44. The fourth-order valence-electron chi connectivity index (χ4n) is 3.54. The van der Waals surface area contributed by atoms with E-state index in [0.717, 1.165) is 31.2 Å². The lowest BCUT2D eigenvalue weighted by atomic mass is 9.67. The number of methoxy groups -OCH3 is 1. The summed E-state index contributed by atoms with van der Waals surface area (Å²) in [5.41, 5.74) is 1.99. The predicted octanol–water partition coefficient (Wildman–Crippen LogP) is 4.38. The van der Waals surface area contributed by atoms with Crippen LogP contribution in [0.3, 0.4) is 0 Å². The molecule has 1 aliphatic rings. The average molecular weight is 293 g/mol. The summed E-state index contributed by atoms with van der Waals surface area (Å²) in [6.07, 6.45) is 4.36. The first-order valence-corrected chi connectivity index (χ1v) is 7.82. The summed E-state index contributed by atoms with van der Waals surface area (Å²) in [6.45, 7) is 6.46. The van der Waals surface area contributed by atoms with Crippen molar-refractivity contribution in [3.63, 3.8) is 0 Å². The van der Waals surface area contributed by atoms with Crippen molar-refractivity contribution < 1.29 is 9.13 Å². The molecule has 0 amide bonds. The van der Waals surface area contributed by atoms with Crippen LogP contribution in [0.2, 0.25) is 0 Å². The zero-order valence-electron chi connectivity index (χ0n) is 13.9. The Morgan fingerprint density at radius 1 is 1.19 bits per heavy atom. The van der Waals surface area contributed by atoms with Crippen LogP contribution in [0.15, 0.2) is 18.2 Å². The third-order valence-corrected chi connectivity index (χ3v) is 5.19. The van der Waals surface area contributed by atoms with Gasteiger partial charge in [0.25, 0.3) is 0 Å². The molecule has 0 heterocycles. The number of halogens is 1. The Balaban J connectivity index is 2.31. The first-order chi connectivity index (χ1) is 9.83. The van der Waals surface area contributed by atoms with Gasteiger partial charge in [-0.15, -0.1) is 0 Å². The number of aryl methyl sites for hydroxylation is 1. The van der Waals surface area contributed by atoms with Crippen molar-refractivity contribution in [3.8, 4) is 0 Å². The first kappa shape index (κ1) is 16.4. The van der Waals surface area contributed by atoms with Crippen LogP contribution in [0, 0.1) is 18.2 Å². The SMILES string of the molecule is CNC(c1ccc(F)c(C)c1)C1(OC)CCC(C)(C)CC1. The van der Waals surface area contributed by atoms with Gasteiger partial charge in [-0.1, -0.05) is 26.0 Å². The van der Waals surface area contributed by atoms with E-state index in [4.69, 9.17) is 4.74 Å². The van der Waals surface area contributed by atoms with Crippen LogP contribution < -0.4 is 5.32 Å². The Morgan fingerprint density at radius 3 is 2.29 bits per heavy atom. The number of benzene rings is 1. The molecule has 118 valence electrons. The van der Waals surface area contributed by atoms with Crippen LogP contribution in [0.5, 0.6) is 0 Å². The molecule has 0 radical (unpaired) electrons. The molecule has 1 aliphatic carbocycles. The summed E-state index contributed by atoms with van der Waals surface area (Å²) < 4.78 is 19.5. The highest BCUT2D eigenvalue weighted by Crippen LogP contribution is 2.47. The first-order valence-electron chi connectivity index (χ1n) is 7.82. The van der Waals surface area contributed by atoms with Crippen LogP contribution in [-0.2, 0) is 4.74 Å². The van der Waals surface area contributed by atoms with Gasteiger partial charge >= 0.3 is 0 Å². The van der Waals surface area contributed by atoms with Gasteiger partial charge in [0, 0.05) is 7.11 Å². The number of hydrogen-bond acceptors (Lipinski definition) is 2. The summed E-state index contributed by atoms with van der Waals surface area (Å²) in [5.74, 6) is -0.148. The summed E-state index contributed by atoms with van der Waals surface area (Å²) >= 11 is 0. The Morgan fingerprint density at radius 2 is 1.81 bits per heavy atom. The molecule has 2 rings (SSSR count). The number of likely N-dealkylation sites (N-methyl/N-ethyl adjacent to an activating group) is 1. The van der Waals surface area contributed by atoms with Gasteiger partial charge < -0.3 is 10.1 Å². The fourth-order valence-corrected chi connectivity index (χ4v) is 3.54. The predicted molar refractivity (Wildman–Crippen MR) is 84.9 cm³/mol. The van der Waals surface area contributed by atoms with Gasteiger partial charge in [-0.2, -0.15) is 0 Å². The fraction of sp³-hybridized carbons (Fsp3) is 0.667. The Bertz CT molecular complexity index is 488. The van der Waals surface area contributed by atoms with E-state index in [2.05, 4.69) is 19.2 Å². The normalized spacial score (nSPS) is 22.0. The molecule has 0 saturated heterocycles. The molecule has 1 aromatic rings. The third kappa shape index (κ3) is 3.29. The molecule has 3 heteroatoms. The summed E-state index contributed by atoms with van der Waals surface area (Å²) in [6, 6.07) is 5.48. The van der Waals surface area contributed by atoms with Crippen LogP contribution in [-0.4, -0.2) is 19.8 Å². The van der Waals surface area contributed by atoms with Crippen molar-refractivity contribution in [2.75, 3.05) is 14.2 Å². The van der Waals surface area contributed by atoms with E-state index >= 15 is 0 Å².